The van der Waals surface area contributed by atoms with E-state index in [1.807, 2.05) is 13.8 Å². The summed E-state index contributed by atoms with van der Waals surface area (Å²) in [7, 11) is -3.38. The first-order valence-corrected chi connectivity index (χ1v) is 11.9. The van der Waals surface area contributed by atoms with Crippen molar-refractivity contribution >= 4 is 44.0 Å². The van der Waals surface area contributed by atoms with Gasteiger partial charge in [0.25, 0.3) is 5.91 Å². The Morgan fingerprint density at radius 2 is 1.67 bits per heavy atom. The zero-order valence-corrected chi connectivity index (χ0v) is 18.7. The van der Waals surface area contributed by atoms with Crippen LogP contribution >= 0.6 is 11.3 Å². The molecule has 1 amide bonds. The number of sulfone groups is 1. The third-order valence-corrected chi connectivity index (χ3v) is 6.34. The van der Waals surface area contributed by atoms with Gasteiger partial charge in [0.1, 0.15) is 5.00 Å². The number of hydrogen-bond donors (Lipinski definition) is 1. The molecule has 0 radical (unpaired) electrons. The van der Waals surface area contributed by atoms with Crippen molar-refractivity contribution in [2.24, 2.45) is 0 Å². The standard InChI is InChI=1S/C20H23NO7S2/c1-5-15-12(3)29-18(17(15)20(24)27-6-2)21-16(22)11-28-19(23)13-7-9-14(10-8-13)30(4,25)26/h7-10H,5-6,11H2,1-4H3,(H,21,22). The highest BCUT2D eigenvalue weighted by Crippen LogP contribution is 2.34. The first-order chi connectivity index (χ1) is 14.1. The summed E-state index contributed by atoms with van der Waals surface area (Å²) in [5.74, 6) is -1.89. The normalized spacial score (nSPS) is 11.1. The fraction of sp³-hybridized carbons (Fsp3) is 0.350. The van der Waals surface area contributed by atoms with E-state index in [9.17, 15) is 22.8 Å². The Kier molecular flexibility index (Phi) is 7.74. The second-order valence-corrected chi connectivity index (χ2v) is 9.58. The van der Waals surface area contributed by atoms with E-state index in [-0.39, 0.29) is 17.1 Å². The summed E-state index contributed by atoms with van der Waals surface area (Å²) in [5, 5.41) is 2.95. The minimum atomic E-state index is -3.38. The Balaban J connectivity index is 2.06. The van der Waals surface area contributed by atoms with Crippen LogP contribution < -0.4 is 5.32 Å². The minimum absolute atomic E-state index is 0.0723. The van der Waals surface area contributed by atoms with Gasteiger partial charge in [-0.15, -0.1) is 11.3 Å². The molecule has 1 heterocycles. The van der Waals surface area contributed by atoms with Crippen molar-refractivity contribution in [1.82, 2.24) is 0 Å². The van der Waals surface area contributed by atoms with E-state index < -0.39 is 34.3 Å². The van der Waals surface area contributed by atoms with E-state index in [0.29, 0.717) is 17.0 Å². The number of benzene rings is 1. The van der Waals surface area contributed by atoms with Gasteiger partial charge in [0, 0.05) is 11.1 Å². The van der Waals surface area contributed by atoms with Crippen molar-refractivity contribution in [2.75, 3.05) is 24.8 Å². The molecule has 1 aromatic heterocycles. The molecule has 0 aliphatic rings. The number of anilines is 1. The summed E-state index contributed by atoms with van der Waals surface area (Å²) in [6.07, 6.45) is 1.66. The van der Waals surface area contributed by atoms with Crippen LogP contribution in [0.15, 0.2) is 29.2 Å². The maximum atomic E-state index is 12.3. The van der Waals surface area contributed by atoms with Crippen LogP contribution in [0.5, 0.6) is 0 Å². The Bertz CT molecular complexity index is 1050. The van der Waals surface area contributed by atoms with Gasteiger partial charge in [-0.1, -0.05) is 6.92 Å². The number of rotatable bonds is 8. The molecule has 0 spiro atoms. The Morgan fingerprint density at radius 1 is 1.03 bits per heavy atom. The average Bonchev–Trinajstić information content (AvgIpc) is 3.00. The molecule has 0 saturated carbocycles. The van der Waals surface area contributed by atoms with E-state index in [1.54, 1.807) is 6.92 Å². The van der Waals surface area contributed by atoms with Gasteiger partial charge in [-0.05, 0) is 50.1 Å². The summed E-state index contributed by atoms with van der Waals surface area (Å²) < 4.78 is 33.0. The Labute approximate surface area is 179 Å². The van der Waals surface area contributed by atoms with Gasteiger partial charge in [0.15, 0.2) is 16.4 Å². The third kappa shape index (κ3) is 5.67. The third-order valence-electron chi connectivity index (χ3n) is 4.15. The second kappa shape index (κ2) is 9.86. The van der Waals surface area contributed by atoms with Gasteiger partial charge < -0.3 is 14.8 Å². The molecule has 0 bridgehead atoms. The topological polar surface area (TPSA) is 116 Å². The molecular formula is C20H23NO7S2. The molecule has 162 valence electrons. The molecule has 0 aliphatic heterocycles. The largest absolute Gasteiger partial charge is 0.462 e. The van der Waals surface area contributed by atoms with Gasteiger partial charge in [-0.3, -0.25) is 4.79 Å². The minimum Gasteiger partial charge on any atom is -0.462 e. The molecule has 0 fully saturated rings. The number of thiophene rings is 1. The fourth-order valence-corrected chi connectivity index (χ4v) is 4.51. The summed E-state index contributed by atoms with van der Waals surface area (Å²) in [4.78, 5) is 37.6. The van der Waals surface area contributed by atoms with E-state index in [2.05, 4.69) is 5.32 Å². The number of amides is 1. The number of nitrogens with one attached hydrogen (secondary N) is 1. The molecule has 1 aromatic carbocycles. The molecule has 0 aliphatic carbocycles. The van der Waals surface area contributed by atoms with Gasteiger partial charge in [-0.2, -0.15) is 0 Å². The number of ether oxygens (including phenoxy) is 2. The van der Waals surface area contributed by atoms with Crippen LogP contribution in [0.4, 0.5) is 5.00 Å². The zero-order chi connectivity index (χ0) is 22.5. The summed E-state index contributed by atoms with van der Waals surface area (Å²) in [6.45, 7) is 5.10. The lowest BCUT2D eigenvalue weighted by atomic mass is 10.1. The SMILES string of the molecule is CCOC(=O)c1c(NC(=O)COC(=O)c2ccc(S(C)(=O)=O)cc2)sc(C)c1CC. The lowest BCUT2D eigenvalue weighted by Gasteiger charge is -2.09. The first kappa shape index (κ1) is 23.6. The molecule has 0 unspecified atom stereocenters. The quantitative estimate of drug-likeness (QED) is 0.611. The lowest BCUT2D eigenvalue weighted by Crippen LogP contribution is -2.22. The summed E-state index contributed by atoms with van der Waals surface area (Å²) in [5.41, 5.74) is 1.23. The first-order valence-electron chi connectivity index (χ1n) is 9.14. The van der Waals surface area contributed by atoms with Crippen molar-refractivity contribution in [1.29, 1.82) is 0 Å². The van der Waals surface area contributed by atoms with Gasteiger partial charge in [0.2, 0.25) is 0 Å². The second-order valence-electron chi connectivity index (χ2n) is 6.34. The molecule has 8 nitrogen and oxygen atoms in total. The highest BCUT2D eigenvalue weighted by Gasteiger charge is 2.24. The molecule has 2 rings (SSSR count). The monoisotopic (exact) mass is 453 g/mol. The fourth-order valence-electron chi connectivity index (χ4n) is 2.73. The van der Waals surface area contributed by atoms with Gasteiger partial charge >= 0.3 is 11.9 Å². The van der Waals surface area contributed by atoms with Crippen molar-refractivity contribution in [2.45, 2.75) is 32.1 Å². The molecule has 0 atom stereocenters. The Morgan fingerprint density at radius 3 is 2.20 bits per heavy atom. The summed E-state index contributed by atoms with van der Waals surface area (Å²) >= 11 is 1.25. The predicted octanol–water partition coefficient (Wildman–Crippen LogP) is 2.99. The number of esters is 2. The number of carbonyl (C=O) groups excluding carboxylic acids is 3. The van der Waals surface area contributed by atoms with Crippen molar-refractivity contribution < 1.29 is 32.3 Å². The number of carbonyl (C=O) groups is 3. The maximum absolute atomic E-state index is 12.3. The van der Waals surface area contributed by atoms with Crippen LogP contribution in [0.1, 0.15) is 45.0 Å². The molecule has 2 aromatic rings. The molecule has 30 heavy (non-hydrogen) atoms. The van der Waals surface area contributed by atoms with Gasteiger partial charge in [0.05, 0.1) is 22.6 Å². The zero-order valence-electron chi connectivity index (χ0n) is 17.1. The van der Waals surface area contributed by atoms with Crippen molar-refractivity contribution in [3.63, 3.8) is 0 Å². The number of hydrogen-bond acceptors (Lipinski definition) is 8. The van der Waals surface area contributed by atoms with Crippen LogP contribution in [0.25, 0.3) is 0 Å². The molecule has 10 heteroatoms. The Hall–Kier alpha value is -2.72. The van der Waals surface area contributed by atoms with Crippen molar-refractivity contribution in [3.8, 4) is 0 Å². The molecule has 1 N–H and O–H groups in total. The van der Waals surface area contributed by atoms with Crippen LogP contribution in [0.3, 0.4) is 0 Å². The highest BCUT2D eigenvalue weighted by atomic mass is 32.2. The van der Waals surface area contributed by atoms with Crippen LogP contribution in [-0.4, -0.2) is 45.7 Å². The van der Waals surface area contributed by atoms with Gasteiger partial charge in [-0.25, -0.2) is 18.0 Å². The smallest absolute Gasteiger partial charge is 0.341 e. The van der Waals surface area contributed by atoms with Crippen LogP contribution in [0, 0.1) is 6.92 Å². The number of aryl methyl sites for hydroxylation is 1. The van der Waals surface area contributed by atoms with E-state index >= 15 is 0 Å². The summed E-state index contributed by atoms with van der Waals surface area (Å²) in [6, 6.07) is 5.20. The molecule has 0 saturated heterocycles. The van der Waals surface area contributed by atoms with E-state index in [0.717, 1.165) is 16.7 Å². The maximum Gasteiger partial charge on any atom is 0.341 e. The highest BCUT2D eigenvalue weighted by molar-refractivity contribution is 7.90. The lowest BCUT2D eigenvalue weighted by molar-refractivity contribution is -0.119. The van der Waals surface area contributed by atoms with Crippen LogP contribution in [-0.2, 0) is 30.5 Å². The predicted molar refractivity (Wildman–Crippen MR) is 113 cm³/mol. The van der Waals surface area contributed by atoms with E-state index in [1.165, 1.54) is 35.6 Å². The van der Waals surface area contributed by atoms with Crippen molar-refractivity contribution in [3.05, 3.63) is 45.8 Å². The van der Waals surface area contributed by atoms with Crippen LogP contribution in [0.2, 0.25) is 0 Å². The molecular weight excluding hydrogens is 430 g/mol. The van der Waals surface area contributed by atoms with E-state index in [4.69, 9.17) is 9.47 Å². The average molecular weight is 454 g/mol.